The normalized spacial score (nSPS) is 15.4. The van der Waals surface area contributed by atoms with Gasteiger partial charge in [0.1, 0.15) is 5.82 Å². The number of amides is 2. The van der Waals surface area contributed by atoms with Crippen molar-refractivity contribution in [2.24, 2.45) is 0 Å². The van der Waals surface area contributed by atoms with E-state index in [-0.39, 0.29) is 12.1 Å². The van der Waals surface area contributed by atoms with Crippen LogP contribution in [0.15, 0.2) is 42.5 Å². The lowest BCUT2D eigenvalue weighted by atomic mass is 10.2. The number of aromatic nitrogens is 1. The molecule has 1 saturated heterocycles. The number of benzene rings is 1. The molecule has 1 aliphatic heterocycles. The number of anilines is 2. The highest BCUT2D eigenvalue weighted by atomic mass is 32.1. The van der Waals surface area contributed by atoms with E-state index in [1.807, 2.05) is 38.1 Å². The van der Waals surface area contributed by atoms with E-state index in [4.69, 9.17) is 4.74 Å². The van der Waals surface area contributed by atoms with Gasteiger partial charge in [0.05, 0.1) is 30.6 Å². The number of carbonyl (C=O) groups is 1. The van der Waals surface area contributed by atoms with Crippen molar-refractivity contribution in [3.05, 3.63) is 53.0 Å². The lowest BCUT2D eigenvalue weighted by Crippen LogP contribution is -2.37. The summed E-state index contributed by atoms with van der Waals surface area (Å²) in [4.78, 5) is 20.5. The first-order chi connectivity index (χ1) is 13.6. The zero-order chi connectivity index (χ0) is 19.5. The van der Waals surface area contributed by atoms with E-state index in [1.165, 1.54) is 10.1 Å². The number of rotatable bonds is 4. The van der Waals surface area contributed by atoms with Gasteiger partial charge in [-0.25, -0.2) is 9.78 Å². The monoisotopic (exact) mass is 396 g/mol. The van der Waals surface area contributed by atoms with Crippen LogP contribution in [-0.2, 0) is 4.74 Å². The lowest BCUT2D eigenvalue weighted by molar-refractivity contribution is 0.122. The average Bonchev–Trinajstić information content (AvgIpc) is 3.15. The van der Waals surface area contributed by atoms with Crippen molar-refractivity contribution >= 4 is 39.0 Å². The van der Waals surface area contributed by atoms with Crippen molar-refractivity contribution in [1.82, 2.24) is 10.3 Å². The van der Waals surface area contributed by atoms with Crippen molar-refractivity contribution in [3.63, 3.8) is 0 Å². The van der Waals surface area contributed by atoms with Gasteiger partial charge in [-0.05, 0) is 43.5 Å². The van der Waals surface area contributed by atoms with Gasteiger partial charge in [0.15, 0.2) is 0 Å². The molecule has 6 nitrogen and oxygen atoms in total. The molecule has 1 fully saturated rings. The van der Waals surface area contributed by atoms with Gasteiger partial charge in [0, 0.05) is 22.7 Å². The van der Waals surface area contributed by atoms with Crippen LogP contribution in [0.1, 0.15) is 23.5 Å². The number of aryl methyl sites for hydroxylation is 1. The maximum Gasteiger partial charge on any atom is 0.319 e. The van der Waals surface area contributed by atoms with Crippen LogP contribution >= 0.6 is 11.3 Å². The maximum atomic E-state index is 12.5. The van der Waals surface area contributed by atoms with Gasteiger partial charge < -0.3 is 20.3 Å². The quantitative estimate of drug-likeness (QED) is 0.689. The largest absolute Gasteiger partial charge is 0.378 e. The summed E-state index contributed by atoms with van der Waals surface area (Å²) in [5, 5.41) is 7.14. The van der Waals surface area contributed by atoms with E-state index < -0.39 is 0 Å². The summed E-state index contributed by atoms with van der Waals surface area (Å²) >= 11 is 1.70. The summed E-state index contributed by atoms with van der Waals surface area (Å²) in [5.41, 5.74) is 1.52. The van der Waals surface area contributed by atoms with Crippen molar-refractivity contribution in [2.75, 3.05) is 36.5 Å². The molecule has 0 aliphatic carbocycles. The van der Waals surface area contributed by atoms with Crippen LogP contribution in [0, 0.1) is 6.92 Å². The predicted octanol–water partition coefficient (Wildman–Crippen LogP) is 4.32. The Kier molecular flexibility index (Phi) is 5.45. The van der Waals surface area contributed by atoms with Gasteiger partial charge in [0.25, 0.3) is 0 Å². The number of nitrogens with one attached hydrogen (secondary N) is 2. The molecule has 7 heteroatoms. The number of urea groups is 1. The molecular formula is C21H24N4O2S. The van der Waals surface area contributed by atoms with Crippen molar-refractivity contribution in [1.29, 1.82) is 0 Å². The third kappa shape index (κ3) is 4.10. The lowest BCUT2D eigenvalue weighted by Gasteiger charge is -2.28. The summed E-state index contributed by atoms with van der Waals surface area (Å²) in [5.74, 6) is 0.922. The minimum absolute atomic E-state index is 0.0710. The van der Waals surface area contributed by atoms with Gasteiger partial charge in [-0.3, -0.25) is 0 Å². The second kappa shape index (κ2) is 8.16. The van der Waals surface area contributed by atoms with Crippen LogP contribution in [0.25, 0.3) is 10.1 Å². The standard InChI is InChI=1S/C21H24N4O2S/c1-14-17(7-8-20(22-14)25-9-11-27-12-10-25)24-21(26)23-15(2)19-13-16-5-3-4-6-18(16)28-19/h3-8,13,15H,9-12H2,1-2H3,(H2,23,24,26). The van der Waals surface area contributed by atoms with Crippen molar-refractivity contribution in [3.8, 4) is 0 Å². The Morgan fingerprint density at radius 1 is 1.21 bits per heavy atom. The molecular weight excluding hydrogens is 372 g/mol. The number of hydrogen-bond acceptors (Lipinski definition) is 5. The zero-order valence-corrected chi connectivity index (χ0v) is 16.9. The molecule has 0 spiro atoms. The molecule has 3 aromatic rings. The molecule has 0 saturated carbocycles. The Hall–Kier alpha value is -2.64. The third-order valence-corrected chi connectivity index (χ3v) is 6.17. The highest BCUT2D eigenvalue weighted by Gasteiger charge is 2.16. The van der Waals surface area contributed by atoms with E-state index >= 15 is 0 Å². The van der Waals surface area contributed by atoms with E-state index in [0.717, 1.165) is 48.4 Å². The molecule has 146 valence electrons. The van der Waals surface area contributed by atoms with E-state index in [2.05, 4.69) is 38.7 Å². The van der Waals surface area contributed by atoms with E-state index in [1.54, 1.807) is 11.3 Å². The maximum absolute atomic E-state index is 12.5. The molecule has 1 atom stereocenters. The van der Waals surface area contributed by atoms with Crippen LogP contribution < -0.4 is 15.5 Å². The summed E-state index contributed by atoms with van der Waals surface area (Å²) in [7, 11) is 0. The van der Waals surface area contributed by atoms with Gasteiger partial charge >= 0.3 is 6.03 Å². The molecule has 3 heterocycles. The molecule has 4 rings (SSSR count). The zero-order valence-electron chi connectivity index (χ0n) is 16.1. The first kappa shape index (κ1) is 18.7. The molecule has 1 aliphatic rings. The number of carbonyl (C=O) groups excluding carboxylic acids is 1. The molecule has 0 bridgehead atoms. The molecule has 2 amide bonds. The number of fused-ring (bicyclic) bond motifs is 1. The Balaban J connectivity index is 1.40. The molecule has 2 N–H and O–H groups in total. The van der Waals surface area contributed by atoms with E-state index in [0.29, 0.717) is 0 Å². The van der Waals surface area contributed by atoms with Gasteiger partial charge in [-0.2, -0.15) is 0 Å². The topological polar surface area (TPSA) is 66.5 Å². The van der Waals surface area contributed by atoms with E-state index in [9.17, 15) is 4.79 Å². The molecule has 28 heavy (non-hydrogen) atoms. The second-order valence-electron chi connectivity index (χ2n) is 6.91. The fraction of sp³-hybridized carbons (Fsp3) is 0.333. The molecule has 1 aromatic carbocycles. The highest BCUT2D eigenvalue weighted by Crippen LogP contribution is 2.29. The van der Waals surface area contributed by atoms with Crippen LogP contribution in [0.4, 0.5) is 16.3 Å². The minimum Gasteiger partial charge on any atom is -0.378 e. The summed E-state index contributed by atoms with van der Waals surface area (Å²) in [6.07, 6.45) is 0. The van der Waals surface area contributed by atoms with Gasteiger partial charge in [0.2, 0.25) is 0 Å². The highest BCUT2D eigenvalue weighted by molar-refractivity contribution is 7.19. The molecule has 2 aromatic heterocycles. The number of ether oxygens (including phenoxy) is 1. The SMILES string of the molecule is Cc1nc(N2CCOCC2)ccc1NC(=O)NC(C)c1cc2ccccc2s1. The number of hydrogen-bond donors (Lipinski definition) is 2. The third-order valence-electron chi connectivity index (χ3n) is 4.87. The first-order valence-corrected chi connectivity index (χ1v) is 10.3. The van der Waals surface area contributed by atoms with Crippen molar-refractivity contribution in [2.45, 2.75) is 19.9 Å². The van der Waals surface area contributed by atoms with Crippen LogP contribution in [-0.4, -0.2) is 37.3 Å². The Labute approximate surface area is 168 Å². The molecule has 1 unspecified atom stereocenters. The number of morpholine rings is 1. The Bertz CT molecular complexity index is 948. The minimum atomic E-state index is -0.228. The van der Waals surface area contributed by atoms with Crippen LogP contribution in [0.3, 0.4) is 0 Å². The van der Waals surface area contributed by atoms with Crippen LogP contribution in [0.5, 0.6) is 0 Å². The summed E-state index contributed by atoms with van der Waals surface area (Å²) in [6, 6.07) is 13.9. The van der Waals surface area contributed by atoms with Crippen LogP contribution in [0.2, 0.25) is 0 Å². The first-order valence-electron chi connectivity index (χ1n) is 9.46. The number of nitrogens with zero attached hydrogens (tertiary/aromatic N) is 2. The number of thiophene rings is 1. The second-order valence-corrected chi connectivity index (χ2v) is 8.02. The predicted molar refractivity (Wildman–Crippen MR) is 114 cm³/mol. The Morgan fingerprint density at radius 2 is 2.00 bits per heavy atom. The number of pyridine rings is 1. The smallest absolute Gasteiger partial charge is 0.319 e. The molecule has 0 radical (unpaired) electrons. The van der Waals surface area contributed by atoms with Gasteiger partial charge in [-0.15, -0.1) is 11.3 Å². The average molecular weight is 397 g/mol. The van der Waals surface area contributed by atoms with Gasteiger partial charge in [-0.1, -0.05) is 18.2 Å². The fourth-order valence-corrected chi connectivity index (χ4v) is 4.36. The Morgan fingerprint density at radius 3 is 2.75 bits per heavy atom. The summed E-state index contributed by atoms with van der Waals surface area (Å²) in [6.45, 7) is 7.03. The summed E-state index contributed by atoms with van der Waals surface area (Å²) < 4.78 is 6.61. The van der Waals surface area contributed by atoms with Crippen molar-refractivity contribution < 1.29 is 9.53 Å². The fourth-order valence-electron chi connectivity index (χ4n) is 3.29.